The van der Waals surface area contributed by atoms with E-state index in [1.807, 2.05) is 18.2 Å². The van der Waals surface area contributed by atoms with Crippen molar-refractivity contribution in [3.63, 3.8) is 0 Å². The third kappa shape index (κ3) is 4.33. The van der Waals surface area contributed by atoms with Gasteiger partial charge in [0.15, 0.2) is 0 Å². The summed E-state index contributed by atoms with van der Waals surface area (Å²) >= 11 is 10.6. The van der Waals surface area contributed by atoms with Crippen molar-refractivity contribution in [2.75, 3.05) is 11.6 Å². The molecule has 0 aliphatic carbocycles. The zero-order valence-corrected chi connectivity index (χ0v) is 11.3. The molecular formula is C10H13BrClNOS. The van der Waals surface area contributed by atoms with Crippen LogP contribution in [0.15, 0.2) is 27.6 Å². The van der Waals surface area contributed by atoms with E-state index >= 15 is 0 Å². The first-order valence-electron chi connectivity index (χ1n) is 4.52. The molecule has 0 aromatic heterocycles. The number of alkyl halides is 1. The van der Waals surface area contributed by atoms with Crippen molar-refractivity contribution < 1.29 is 5.11 Å². The molecule has 0 fully saturated rings. The topological polar surface area (TPSA) is 46.2 Å². The molecule has 5 heteroatoms. The van der Waals surface area contributed by atoms with E-state index < -0.39 is 6.10 Å². The number of thioether (sulfide) groups is 1. The average Bonchev–Trinajstić information content (AvgIpc) is 2.26. The minimum absolute atomic E-state index is 0.269. The largest absolute Gasteiger partial charge is 0.391 e. The van der Waals surface area contributed by atoms with E-state index in [9.17, 15) is 5.11 Å². The van der Waals surface area contributed by atoms with Crippen LogP contribution in [0.5, 0.6) is 0 Å². The molecule has 0 radical (unpaired) electrons. The molecule has 0 saturated heterocycles. The van der Waals surface area contributed by atoms with E-state index in [0.29, 0.717) is 12.3 Å². The minimum atomic E-state index is -0.460. The zero-order chi connectivity index (χ0) is 11.3. The Hall–Kier alpha value is 0.260. The van der Waals surface area contributed by atoms with Gasteiger partial charge in [-0.05, 0) is 33.6 Å². The van der Waals surface area contributed by atoms with Crippen LogP contribution in [0.25, 0.3) is 0 Å². The van der Waals surface area contributed by atoms with E-state index in [1.165, 1.54) is 0 Å². The quantitative estimate of drug-likeness (QED) is 0.649. The Morgan fingerprint density at radius 1 is 1.53 bits per heavy atom. The van der Waals surface area contributed by atoms with Crippen molar-refractivity contribution in [3.05, 3.63) is 28.2 Å². The van der Waals surface area contributed by atoms with Gasteiger partial charge < -0.3 is 10.8 Å². The van der Waals surface area contributed by atoms with Crippen molar-refractivity contribution >= 4 is 39.3 Å². The number of hydrogen-bond donors (Lipinski definition) is 2. The SMILES string of the molecule is NCc1ccc(SCC(O)CCl)c(Br)c1. The molecule has 1 rings (SSSR count). The zero-order valence-electron chi connectivity index (χ0n) is 8.12. The van der Waals surface area contributed by atoms with Gasteiger partial charge in [-0.25, -0.2) is 0 Å². The van der Waals surface area contributed by atoms with Gasteiger partial charge in [0.2, 0.25) is 0 Å². The Labute approximate surface area is 107 Å². The Morgan fingerprint density at radius 2 is 2.27 bits per heavy atom. The van der Waals surface area contributed by atoms with E-state index in [1.54, 1.807) is 11.8 Å². The van der Waals surface area contributed by atoms with E-state index in [-0.39, 0.29) is 5.88 Å². The lowest BCUT2D eigenvalue weighted by Crippen LogP contribution is -2.11. The van der Waals surface area contributed by atoms with Gasteiger partial charge in [-0.15, -0.1) is 23.4 Å². The standard InChI is InChI=1S/C10H13BrClNOS/c11-9-3-7(5-13)1-2-10(9)15-6-8(14)4-12/h1-3,8,14H,4-6,13H2. The first-order valence-corrected chi connectivity index (χ1v) is 6.84. The molecule has 0 spiro atoms. The molecule has 0 saturated carbocycles. The summed E-state index contributed by atoms with van der Waals surface area (Å²) in [4.78, 5) is 1.09. The van der Waals surface area contributed by atoms with Crippen LogP contribution in [0, 0.1) is 0 Å². The molecule has 2 nitrogen and oxygen atoms in total. The molecule has 0 amide bonds. The Morgan fingerprint density at radius 3 is 2.80 bits per heavy atom. The molecule has 0 heterocycles. The van der Waals surface area contributed by atoms with E-state index in [2.05, 4.69) is 15.9 Å². The van der Waals surface area contributed by atoms with Gasteiger partial charge in [0.05, 0.1) is 6.10 Å². The van der Waals surface area contributed by atoms with Gasteiger partial charge in [-0.1, -0.05) is 6.07 Å². The van der Waals surface area contributed by atoms with E-state index in [4.69, 9.17) is 17.3 Å². The maximum atomic E-state index is 9.32. The molecule has 0 bridgehead atoms. The predicted octanol–water partition coefficient (Wildman–Crippen LogP) is 2.60. The van der Waals surface area contributed by atoms with Crippen molar-refractivity contribution in [1.82, 2.24) is 0 Å². The molecule has 1 atom stereocenters. The van der Waals surface area contributed by atoms with Crippen molar-refractivity contribution in [2.45, 2.75) is 17.5 Å². The number of nitrogens with two attached hydrogens (primary N) is 1. The average molecular weight is 311 g/mol. The monoisotopic (exact) mass is 309 g/mol. The van der Waals surface area contributed by atoms with Gasteiger partial charge in [-0.2, -0.15) is 0 Å². The van der Waals surface area contributed by atoms with Gasteiger partial charge in [0.1, 0.15) is 0 Å². The van der Waals surface area contributed by atoms with Crippen molar-refractivity contribution in [1.29, 1.82) is 0 Å². The fraction of sp³-hybridized carbons (Fsp3) is 0.400. The molecular weight excluding hydrogens is 298 g/mol. The van der Waals surface area contributed by atoms with Crippen LogP contribution in [-0.4, -0.2) is 22.8 Å². The number of halogens is 2. The fourth-order valence-electron chi connectivity index (χ4n) is 1.02. The summed E-state index contributed by atoms with van der Waals surface area (Å²) in [5.41, 5.74) is 6.61. The van der Waals surface area contributed by atoms with E-state index in [0.717, 1.165) is 14.9 Å². The van der Waals surface area contributed by atoms with Crippen LogP contribution < -0.4 is 5.73 Å². The van der Waals surface area contributed by atoms with Crippen molar-refractivity contribution in [2.24, 2.45) is 5.73 Å². The first kappa shape index (κ1) is 13.3. The second kappa shape index (κ2) is 6.76. The maximum Gasteiger partial charge on any atom is 0.0769 e. The first-order chi connectivity index (χ1) is 7.17. The summed E-state index contributed by atoms with van der Waals surface area (Å²) < 4.78 is 1.01. The summed E-state index contributed by atoms with van der Waals surface area (Å²) in [5, 5.41) is 9.32. The fourth-order valence-corrected chi connectivity index (χ4v) is 2.88. The molecule has 0 aliphatic rings. The lowest BCUT2D eigenvalue weighted by atomic mass is 10.2. The predicted molar refractivity (Wildman–Crippen MR) is 69.5 cm³/mol. The molecule has 0 aliphatic heterocycles. The van der Waals surface area contributed by atoms with Crippen LogP contribution in [0.1, 0.15) is 5.56 Å². The normalized spacial score (nSPS) is 12.8. The van der Waals surface area contributed by atoms with Crippen LogP contribution in [0.4, 0.5) is 0 Å². The lowest BCUT2D eigenvalue weighted by Gasteiger charge is -2.08. The van der Waals surface area contributed by atoms with Crippen LogP contribution in [-0.2, 0) is 6.54 Å². The lowest BCUT2D eigenvalue weighted by molar-refractivity contribution is 0.223. The Kier molecular flexibility index (Phi) is 6.00. The summed E-state index contributed by atoms with van der Waals surface area (Å²) in [7, 11) is 0. The molecule has 3 N–H and O–H groups in total. The minimum Gasteiger partial charge on any atom is -0.391 e. The molecule has 1 aromatic carbocycles. The number of benzene rings is 1. The summed E-state index contributed by atoms with van der Waals surface area (Å²) in [6, 6.07) is 5.98. The van der Waals surface area contributed by atoms with Crippen LogP contribution >= 0.6 is 39.3 Å². The van der Waals surface area contributed by atoms with Gasteiger partial charge >= 0.3 is 0 Å². The Bertz CT molecular complexity index is 324. The third-order valence-electron chi connectivity index (χ3n) is 1.84. The number of aliphatic hydroxyl groups excluding tert-OH is 1. The molecule has 1 aromatic rings. The van der Waals surface area contributed by atoms with Crippen molar-refractivity contribution in [3.8, 4) is 0 Å². The van der Waals surface area contributed by atoms with Crippen LogP contribution in [0.2, 0.25) is 0 Å². The van der Waals surface area contributed by atoms with Gasteiger partial charge in [-0.3, -0.25) is 0 Å². The van der Waals surface area contributed by atoms with Gasteiger partial charge in [0, 0.05) is 27.5 Å². The maximum absolute atomic E-state index is 9.32. The summed E-state index contributed by atoms with van der Waals surface area (Å²) in [5.74, 6) is 0.871. The van der Waals surface area contributed by atoms with Gasteiger partial charge in [0.25, 0.3) is 0 Å². The molecule has 84 valence electrons. The highest BCUT2D eigenvalue weighted by atomic mass is 79.9. The number of aliphatic hydroxyl groups is 1. The highest BCUT2D eigenvalue weighted by molar-refractivity contribution is 9.10. The third-order valence-corrected chi connectivity index (χ3v) is 4.33. The number of hydrogen-bond acceptors (Lipinski definition) is 3. The van der Waals surface area contributed by atoms with Crippen LogP contribution in [0.3, 0.4) is 0 Å². The molecule has 1 unspecified atom stereocenters. The summed E-state index contributed by atoms with van der Waals surface area (Å²) in [6.45, 7) is 0.536. The second-order valence-electron chi connectivity index (χ2n) is 3.09. The second-order valence-corrected chi connectivity index (χ2v) is 5.31. The highest BCUT2D eigenvalue weighted by Gasteiger charge is 2.06. The highest BCUT2D eigenvalue weighted by Crippen LogP contribution is 2.28. The summed E-state index contributed by atoms with van der Waals surface area (Å²) in [6.07, 6.45) is -0.460. The smallest absolute Gasteiger partial charge is 0.0769 e. The molecule has 15 heavy (non-hydrogen) atoms. The Balaban J connectivity index is 2.62. The number of rotatable bonds is 5.